The summed E-state index contributed by atoms with van der Waals surface area (Å²) in [5.74, 6) is 1.52. The number of hydrogen-bond donors (Lipinski definition) is 1. The highest BCUT2D eigenvalue weighted by Gasteiger charge is 2.31. The Balaban J connectivity index is 2.04. The molecule has 0 atom stereocenters. The van der Waals surface area contributed by atoms with Crippen molar-refractivity contribution >= 4 is 23.6 Å². The molecule has 20 heavy (non-hydrogen) atoms. The number of nitrogens with one attached hydrogen (secondary N) is 1. The van der Waals surface area contributed by atoms with E-state index >= 15 is 0 Å². The van der Waals surface area contributed by atoms with Crippen molar-refractivity contribution in [2.75, 3.05) is 13.7 Å². The predicted molar refractivity (Wildman–Crippen MR) is 81.7 cm³/mol. The number of aromatic amines is 1. The molecule has 2 aromatic heterocycles. The van der Waals surface area contributed by atoms with E-state index in [0.29, 0.717) is 23.8 Å². The maximum atomic E-state index is 5.32. The SMILES string of the molecule is CCc1nc(C2CC2)c(-c2n[nH]c(=S)n2CCOC)s1. The minimum Gasteiger partial charge on any atom is -0.383 e. The summed E-state index contributed by atoms with van der Waals surface area (Å²) in [7, 11) is 1.70. The molecule has 1 N–H and O–H groups in total. The summed E-state index contributed by atoms with van der Waals surface area (Å²) in [5, 5.41) is 8.49. The van der Waals surface area contributed by atoms with Gasteiger partial charge in [-0.15, -0.1) is 11.3 Å². The molecule has 1 aliphatic rings. The standard InChI is InChI=1S/C13H18N4OS2/c1-3-9-14-10(8-4-5-8)11(20-9)12-15-16-13(19)17(12)6-7-18-2/h8H,3-7H2,1-2H3,(H,16,19). The van der Waals surface area contributed by atoms with Gasteiger partial charge in [0.05, 0.1) is 28.7 Å². The molecule has 1 saturated carbocycles. The largest absolute Gasteiger partial charge is 0.383 e. The number of H-pyrrole nitrogens is 1. The average molecular weight is 310 g/mol. The molecule has 0 amide bonds. The Morgan fingerprint density at radius 3 is 2.95 bits per heavy atom. The monoisotopic (exact) mass is 310 g/mol. The van der Waals surface area contributed by atoms with Crippen LogP contribution in [0.15, 0.2) is 0 Å². The van der Waals surface area contributed by atoms with Gasteiger partial charge in [-0.05, 0) is 31.5 Å². The van der Waals surface area contributed by atoms with Gasteiger partial charge >= 0.3 is 0 Å². The van der Waals surface area contributed by atoms with Crippen molar-refractivity contribution in [3.8, 4) is 10.7 Å². The molecule has 0 aliphatic heterocycles. The van der Waals surface area contributed by atoms with Crippen molar-refractivity contribution in [3.63, 3.8) is 0 Å². The van der Waals surface area contributed by atoms with Gasteiger partial charge < -0.3 is 4.74 Å². The highest BCUT2D eigenvalue weighted by Crippen LogP contribution is 2.45. The van der Waals surface area contributed by atoms with Crippen LogP contribution >= 0.6 is 23.6 Å². The maximum absolute atomic E-state index is 5.32. The predicted octanol–water partition coefficient (Wildman–Crippen LogP) is 3.15. The van der Waals surface area contributed by atoms with E-state index in [2.05, 4.69) is 17.1 Å². The van der Waals surface area contributed by atoms with Crippen LogP contribution in [-0.4, -0.2) is 33.5 Å². The van der Waals surface area contributed by atoms with Gasteiger partial charge in [0.25, 0.3) is 0 Å². The number of aromatic nitrogens is 4. The topological polar surface area (TPSA) is 55.7 Å². The van der Waals surface area contributed by atoms with Crippen LogP contribution in [0.5, 0.6) is 0 Å². The van der Waals surface area contributed by atoms with Gasteiger partial charge in [-0.25, -0.2) is 4.98 Å². The zero-order chi connectivity index (χ0) is 14.1. The van der Waals surface area contributed by atoms with Gasteiger partial charge in [0.2, 0.25) is 0 Å². The Kier molecular flexibility index (Phi) is 4.00. The van der Waals surface area contributed by atoms with Gasteiger partial charge in [-0.1, -0.05) is 6.92 Å². The quantitative estimate of drug-likeness (QED) is 0.833. The lowest BCUT2D eigenvalue weighted by Gasteiger charge is -2.05. The first kappa shape index (κ1) is 13.9. The smallest absolute Gasteiger partial charge is 0.195 e. The zero-order valence-electron chi connectivity index (χ0n) is 11.7. The summed E-state index contributed by atoms with van der Waals surface area (Å²) in [6.45, 7) is 3.48. The fourth-order valence-electron chi connectivity index (χ4n) is 2.20. The van der Waals surface area contributed by atoms with Crippen molar-refractivity contribution in [1.29, 1.82) is 0 Å². The number of aryl methyl sites for hydroxylation is 1. The third-order valence-corrected chi connectivity index (χ3v) is 4.97. The van der Waals surface area contributed by atoms with E-state index in [1.165, 1.54) is 28.4 Å². The van der Waals surface area contributed by atoms with E-state index < -0.39 is 0 Å². The Hall–Kier alpha value is -1.05. The van der Waals surface area contributed by atoms with Crippen molar-refractivity contribution in [2.45, 2.75) is 38.6 Å². The molecule has 3 rings (SSSR count). The van der Waals surface area contributed by atoms with Gasteiger partial charge in [-0.2, -0.15) is 5.10 Å². The highest BCUT2D eigenvalue weighted by atomic mass is 32.1. The Labute approximate surface area is 127 Å². The van der Waals surface area contributed by atoms with Crippen LogP contribution < -0.4 is 0 Å². The summed E-state index contributed by atoms with van der Waals surface area (Å²) < 4.78 is 7.81. The minimum atomic E-state index is 0.614. The molecular weight excluding hydrogens is 292 g/mol. The second-order valence-electron chi connectivity index (χ2n) is 4.95. The number of hydrogen-bond acceptors (Lipinski definition) is 5. The Bertz CT molecular complexity index is 654. The van der Waals surface area contributed by atoms with Crippen molar-refractivity contribution in [1.82, 2.24) is 19.7 Å². The van der Waals surface area contributed by atoms with Crippen LogP contribution in [0.3, 0.4) is 0 Å². The normalized spacial score (nSPS) is 14.9. The summed E-state index contributed by atoms with van der Waals surface area (Å²) in [6.07, 6.45) is 3.44. The highest BCUT2D eigenvalue weighted by molar-refractivity contribution is 7.71. The van der Waals surface area contributed by atoms with Gasteiger partial charge in [0, 0.05) is 13.0 Å². The molecule has 0 aromatic carbocycles. The van der Waals surface area contributed by atoms with Gasteiger partial charge in [0.15, 0.2) is 10.6 Å². The molecule has 7 heteroatoms. The molecule has 2 aromatic rings. The second kappa shape index (κ2) is 5.75. The molecule has 1 fully saturated rings. The summed E-state index contributed by atoms with van der Waals surface area (Å²) in [5.41, 5.74) is 1.21. The van der Waals surface area contributed by atoms with Crippen LogP contribution in [0.4, 0.5) is 0 Å². The van der Waals surface area contributed by atoms with E-state index in [0.717, 1.165) is 12.2 Å². The lowest BCUT2D eigenvalue weighted by Crippen LogP contribution is -2.06. The first-order valence-electron chi connectivity index (χ1n) is 6.88. The minimum absolute atomic E-state index is 0.614. The molecule has 0 radical (unpaired) electrons. The summed E-state index contributed by atoms with van der Waals surface area (Å²) >= 11 is 7.06. The first-order valence-corrected chi connectivity index (χ1v) is 8.11. The summed E-state index contributed by atoms with van der Waals surface area (Å²) in [4.78, 5) is 5.96. The van der Waals surface area contributed by atoms with Crippen molar-refractivity contribution < 1.29 is 4.74 Å². The first-order chi connectivity index (χ1) is 9.74. The van der Waals surface area contributed by atoms with Crippen molar-refractivity contribution in [2.24, 2.45) is 0 Å². The van der Waals surface area contributed by atoms with Gasteiger partial charge in [-0.3, -0.25) is 9.67 Å². The second-order valence-corrected chi connectivity index (χ2v) is 6.42. The fourth-order valence-corrected chi connectivity index (χ4v) is 3.52. The van der Waals surface area contributed by atoms with Crippen LogP contribution in [0.25, 0.3) is 10.7 Å². The number of thiazole rings is 1. The summed E-state index contributed by atoms with van der Waals surface area (Å²) in [6, 6.07) is 0. The lowest BCUT2D eigenvalue weighted by atomic mass is 10.2. The Morgan fingerprint density at radius 1 is 1.50 bits per heavy atom. The van der Waals surface area contributed by atoms with E-state index in [1.807, 2.05) is 4.57 Å². The number of nitrogens with zero attached hydrogens (tertiary/aromatic N) is 3. The molecule has 0 bridgehead atoms. The van der Waals surface area contributed by atoms with Crippen molar-refractivity contribution in [3.05, 3.63) is 15.5 Å². The van der Waals surface area contributed by atoms with Crippen LogP contribution in [0.2, 0.25) is 0 Å². The Morgan fingerprint density at radius 2 is 2.30 bits per heavy atom. The number of methoxy groups -OCH3 is 1. The van der Waals surface area contributed by atoms with Crippen LogP contribution in [0.1, 0.15) is 36.4 Å². The maximum Gasteiger partial charge on any atom is 0.195 e. The van der Waals surface area contributed by atoms with E-state index in [9.17, 15) is 0 Å². The van der Waals surface area contributed by atoms with Crippen LogP contribution in [-0.2, 0) is 17.7 Å². The molecule has 1 aliphatic carbocycles. The third-order valence-electron chi connectivity index (χ3n) is 3.44. The molecule has 5 nitrogen and oxygen atoms in total. The van der Waals surface area contributed by atoms with E-state index in [1.54, 1.807) is 18.4 Å². The number of ether oxygens (including phenoxy) is 1. The third kappa shape index (κ3) is 2.57. The fraction of sp³-hybridized carbons (Fsp3) is 0.615. The lowest BCUT2D eigenvalue weighted by molar-refractivity contribution is 0.187. The molecule has 0 spiro atoms. The molecule has 0 unspecified atom stereocenters. The molecule has 108 valence electrons. The van der Waals surface area contributed by atoms with Gasteiger partial charge in [0.1, 0.15) is 0 Å². The molecule has 2 heterocycles. The van der Waals surface area contributed by atoms with E-state index in [4.69, 9.17) is 21.9 Å². The van der Waals surface area contributed by atoms with Crippen LogP contribution in [0, 0.1) is 4.77 Å². The molecular formula is C13H18N4OS2. The number of rotatable bonds is 6. The molecule has 0 saturated heterocycles. The van der Waals surface area contributed by atoms with E-state index in [-0.39, 0.29) is 0 Å². The average Bonchev–Trinajstić information content (AvgIpc) is 3.11. The zero-order valence-corrected chi connectivity index (χ0v) is 13.3.